The van der Waals surface area contributed by atoms with E-state index < -0.39 is 47.8 Å². The van der Waals surface area contributed by atoms with Crippen LogP contribution in [0.3, 0.4) is 0 Å². The minimum Gasteiger partial charge on any atom is -0.394 e. The first-order valence-corrected chi connectivity index (χ1v) is 6.07. The van der Waals surface area contributed by atoms with Crippen LogP contribution in [0, 0.1) is 0 Å². The standard InChI is InChI=1S/C11H13F3N2O5/c12-11(13,14)6-2-16(10(20)15-9(6)19)5-1-7(18)8(3-17)21-4-5/h2,5,7-8,17-18H,1,3-4H2,(H,15,19,20). The van der Waals surface area contributed by atoms with Crippen LogP contribution in [0.15, 0.2) is 15.8 Å². The number of nitrogens with one attached hydrogen (secondary N) is 1. The molecule has 3 N–H and O–H groups in total. The molecule has 1 fully saturated rings. The Kier molecular flexibility index (Phi) is 4.21. The van der Waals surface area contributed by atoms with E-state index in [0.29, 0.717) is 10.8 Å². The third-order valence-electron chi connectivity index (χ3n) is 3.29. The van der Waals surface area contributed by atoms with Crippen LogP contribution in [0.4, 0.5) is 13.2 Å². The molecule has 0 radical (unpaired) electrons. The minimum atomic E-state index is -4.90. The average molecular weight is 310 g/mol. The zero-order chi connectivity index (χ0) is 15.8. The number of H-pyrrole nitrogens is 1. The Bertz CT molecular complexity index is 624. The smallest absolute Gasteiger partial charge is 0.394 e. The number of rotatable bonds is 2. The summed E-state index contributed by atoms with van der Waals surface area (Å²) >= 11 is 0. The molecule has 1 aliphatic heterocycles. The van der Waals surface area contributed by atoms with Crippen LogP contribution in [0.25, 0.3) is 0 Å². The molecule has 0 amide bonds. The Morgan fingerprint density at radius 2 is 2.10 bits per heavy atom. The summed E-state index contributed by atoms with van der Waals surface area (Å²) < 4.78 is 43.8. The summed E-state index contributed by atoms with van der Waals surface area (Å²) in [5.41, 5.74) is -4.04. The molecule has 3 unspecified atom stereocenters. The van der Waals surface area contributed by atoms with Crippen LogP contribution in [0.1, 0.15) is 18.0 Å². The molecule has 3 atom stereocenters. The first kappa shape index (κ1) is 15.7. The van der Waals surface area contributed by atoms with E-state index in [9.17, 15) is 27.9 Å². The summed E-state index contributed by atoms with van der Waals surface area (Å²) in [5, 5.41) is 18.6. The maximum Gasteiger partial charge on any atom is 0.423 e. The molecule has 21 heavy (non-hydrogen) atoms. The van der Waals surface area contributed by atoms with Gasteiger partial charge in [0.1, 0.15) is 11.7 Å². The maximum absolute atomic E-state index is 12.7. The Balaban J connectivity index is 2.37. The Labute approximate surface area is 115 Å². The van der Waals surface area contributed by atoms with Crippen LogP contribution in [0.5, 0.6) is 0 Å². The van der Waals surface area contributed by atoms with Crippen molar-refractivity contribution in [1.82, 2.24) is 9.55 Å². The second-order valence-corrected chi connectivity index (χ2v) is 4.72. The Hall–Kier alpha value is -1.65. The lowest BCUT2D eigenvalue weighted by Crippen LogP contribution is -2.45. The lowest BCUT2D eigenvalue weighted by Gasteiger charge is -2.33. The second-order valence-electron chi connectivity index (χ2n) is 4.72. The van der Waals surface area contributed by atoms with Crippen LogP contribution >= 0.6 is 0 Å². The number of nitrogens with zero attached hydrogens (tertiary/aromatic N) is 1. The van der Waals surface area contributed by atoms with Crippen molar-refractivity contribution in [1.29, 1.82) is 0 Å². The van der Waals surface area contributed by atoms with Crippen molar-refractivity contribution in [3.05, 3.63) is 32.6 Å². The fraction of sp³-hybridized carbons (Fsp3) is 0.636. The highest BCUT2D eigenvalue weighted by molar-refractivity contribution is 5.09. The van der Waals surface area contributed by atoms with Crippen LogP contribution in [0.2, 0.25) is 0 Å². The highest BCUT2D eigenvalue weighted by atomic mass is 19.4. The summed E-state index contributed by atoms with van der Waals surface area (Å²) in [6.45, 7) is -0.603. The van der Waals surface area contributed by atoms with Gasteiger partial charge in [0.05, 0.1) is 25.4 Å². The maximum atomic E-state index is 12.7. The summed E-state index contributed by atoms with van der Waals surface area (Å²) in [6.07, 6.45) is -6.52. The van der Waals surface area contributed by atoms with E-state index in [1.807, 2.05) is 0 Å². The third-order valence-corrected chi connectivity index (χ3v) is 3.29. The van der Waals surface area contributed by atoms with Crippen molar-refractivity contribution in [2.75, 3.05) is 13.2 Å². The van der Waals surface area contributed by atoms with Gasteiger partial charge in [-0.15, -0.1) is 0 Å². The van der Waals surface area contributed by atoms with Gasteiger partial charge < -0.3 is 14.9 Å². The molecule has 0 spiro atoms. The summed E-state index contributed by atoms with van der Waals surface area (Å²) in [6, 6.07) is -0.867. The molecule has 7 nitrogen and oxygen atoms in total. The quantitative estimate of drug-likeness (QED) is 0.666. The van der Waals surface area contributed by atoms with Gasteiger partial charge in [-0.05, 0) is 6.42 Å². The SMILES string of the molecule is O=c1[nH]c(=O)n(C2COC(CO)C(O)C2)cc1C(F)(F)F. The number of aliphatic hydroxyl groups excluding tert-OH is 2. The number of halogens is 3. The predicted octanol–water partition coefficient (Wildman–Crippen LogP) is -0.761. The number of ether oxygens (including phenoxy) is 1. The van der Waals surface area contributed by atoms with Crippen molar-refractivity contribution < 1.29 is 28.1 Å². The van der Waals surface area contributed by atoms with Gasteiger partial charge >= 0.3 is 11.9 Å². The van der Waals surface area contributed by atoms with Gasteiger partial charge in [0.25, 0.3) is 5.56 Å². The van der Waals surface area contributed by atoms with E-state index in [1.165, 1.54) is 0 Å². The fourth-order valence-electron chi connectivity index (χ4n) is 2.17. The summed E-state index contributed by atoms with van der Waals surface area (Å²) in [5.74, 6) is 0. The minimum absolute atomic E-state index is 0.0749. The van der Waals surface area contributed by atoms with Gasteiger partial charge in [-0.25, -0.2) is 4.79 Å². The molecule has 0 aromatic carbocycles. The molecule has 1 aliphatic rings. The zero-order valence-electron chi connectivity index (χ0n) is 10.6. The molecule has 2 heterocycles. The van der Waals surface area contributed by atoms with E-state index in [-0.39, 0.29) is 13.0 Å². The van der Waals surface area contributed by atoms with Crippen molar-refractivity contribution in [3.63, 3.8) is 0 Å². The number of alkyl halides is 3. The molecular formula is C11H13F3N2O5. The molecule has 10 heteroatoms. The molecule has 1 aromatic rings. The van der Waals surface area contributed by atoms with Gasteiger partial charge in [0.2, 0.25) is 0 Å². The number of aliphatic hydroxyl groups is 2. The average Bonchev–Trinajstić information content (AvgIpc) is 2.37. The van der Waals surface area contributed by atoms with Crippen LogP contribution in [-0.4, -0.2) is 45.2 Å². The molecule has 2 rings (SSSR count). The van der Waals surface area contributed by atoms with Crippen molar-refractivity contribution in [2.45, 2.75) is 30.8 Å². The van der Waals surface area contributed by atoms with Gasteiger partial charge in [-0.2, -0.15) is 13.2 Å². The number of aromatic nitrogens is 2. The molecule has 1 aromatic heterocycles. The van der Waals surface area contributed by atoms with E-state index in [2.05, 4.69) is 0 Å². The first-order chi connectivity index (χ1) is 9.74. The number of hydrogen-bond acceptors (Lipinski definition) is 5. The topological polar surface area (TPSA) is 105 Å². The molecule has 118 valence electrons. The Morgan fingerprint density at radius 1 is 1.43 bits per heavy atom. The van der Waals surface area contributed by atoms with Crippen molar-refractivity contribution in [3.8, 4) is 0 Å². The van der Waals surface area contributed by atoms with Gasteiger partial charge in [0.15, 0.2) is 0 Å². The van der Waals surface area contributed by atoms with Crippen molar-refractivity contribution in [2.24, 2.45) is 0 Å². The highest BCUT2D eigenvalue weighted by Gasteiger charge is 2.37. The van der Waals surface area contributed by atoms with Gasteiger partial charge in [0, 0.05) is 6.20 Å². The van der Waals surface area contributed by atoms with Gasteiger partial charge in [-0.3, -0.25) is 14.3 Å². The number of hydrogen-bond donors (Lipinski definition) is 3. The van der Waals surface area contributed by atoms with Crippen molar-refractivity contribution >= 4 is 0 Å². The number of aromatic amines is 1. The molecule has 0 aliphatic carbocycles. The molecular weight excluding hydrogens is 297 g/mol. The summed E-state index contributed by atoms with van der Waals surface area (Å²) in [7, 11) is 0. The molecule has 1 saturated heterocycles. The summed E-state index contributed by atoms with van der Waals surface area (Å²) in [4.78, 5) is 24.4. The van der Waals surface area contributed by atoms with E-state index in [4.69, 9.17) is 9.84 Å². The third kappa shape index (κ3) is 3.17. The zero-order valence-corrected chi connectivity index (χ0v) is 10.6. The lowest BCUT2D eigenvalue weighted by molar-refractivity contribution is -0.139. The highest BCUT2D eigenvalue weighted by Crippen LogP contribution is 2.27. The normalized spacial score (nSPS) is 26.8. The van der Waals surface area contributed by atoms with Crippen LogP contribution < -0.4 is 11.2 Å². The largest absolute Gasteiger partial charge is 0.423 e. The lowest BCUT2D eigenvalue weighted by atomic mass is 10.0. The van der Waals surface area contributed by atoms with E-state index in [0.717, 1.165) is 0 Å². The second kappa shape index (κ2) is 5.62. The predicted molar refractivity (Wildman–Crippen MR) is 62.8 cm³/mol. The van der Waals surface area contributed by atoms with E-state index >= 15 is 0 Å². The van der Waals surface area contributed by atoms with Gasteiger partial charge in [-0.1, -0.05) is 0 Å². The molecule has 0 bridgehead atoms. The van der Waals surface area contributed by atoms with Crippen LogP contribution in [-0.2, 0) is 10.9 Å². The first-order valence-electron chi connectivity index (χ1n) is 6.07. The Morgan fingerprint density at radius 3 is 2.62 bits per heavy atom. The molecule has 0 saturated carbocycles. The monoisotopic (exact) mass is 310 g/mol. The van der Waals surface area contributed by atoms with E-state index in [1.54, 1.807) is 4.98 Å². The fourth-order valence-corrected chi connectivity index (χ4v) is 2.17.